The zero-order valence-corrected chi connectivity index (χ0v) is 34.5. The number of amides is 2. The number of anilines is 4. The van der Waals surface area contributed by atoms with E-state index in [2.05, 4.69) is 31.7 Å². The van der Waals surface area contributed by atoms with Crippen molar-refractivity contribution in [3.63, 3.8) is 0 Å². The van der Waals surface area contributed by atoms with Crippen LogP contribution >= 0.6 is 0 Å². The molecule has 8 N–H and O–H groups in total. The number of nitrogens with zero attached hydrogens (tertiary/aromatic N) is 2. The highest BCUT2D eigenvalue weighted by molar-refractivity contribution is 7.91. The van der Waals surface area contributed by atoms with Crippen molar-refractivity contribution in [3.8, 4) is 11.5 Å². The highest BCUT2D eigenvalue weighted by Gasteiger charge is 2.35. The maximum Gasteiger partial charge on any atom is 0.323 e. The number of nitrogens with one attached hydrogen (secondary N) is 4. The van der Waals surface area contributed by atoms with E-state index in [9.17, 15) is 66.3 Å². The lowest BCUT2D eigenvalue weighted by Gasteiger charge is -2.18. The summed E-state index contributed by atoms with van der Waals surface area (Å²) in [7, 11) is -17.2. The van der Waals surface area contributed by atoms with Gasteiger partial charge in [-0.2, -0.15) is 43.9 Å². The lowest BCUT2D eigenvalue weighted by molar-refractivity contribution is 0.105. The van der Waals surface area contributed by atoms with Crippen molar-refractivity contribution >= 4 is 104 Å². The molecule has 2 aliphatic rings. The van der Waals surface area contributed by atoms with Gasteiger partial charge in [0.1, 0.15) is 21.3 Å². The highest BCUT2D eigenvalue weighted by Crippen LogP contribution is 2.33. The molecule has 23 nitrogen and oxygen atoms in total. The Bertz CT molecular complexity index is 3000. The summed E-state index contributed by atoms with van der Waals surface area (Å²) < 4.78 is 144. The van der Waals surface area contributed by atoms with Crippen molar-refractivity contribution in [2.24, 2.45) is 10.2 Å². The fourth-order valence-corrected chi connectivity index (χ4v) is 8.12. The molecular weight excluding hydrogens is 905 g/mol. The molecule has 2 aliphatic carbocycles. The molecular formula is C35H28N6O17S4. The van der Waals surface area contributed by atoms with Gasteiger partial charge in [-0.1, -0.05) is 0 Å². The second kappa shape index (κ2) is 16.5. The third kappa shape index (κ3) is 9.53. The molecule has 0 fully saturated rings. The van der Waals surface area contributed by atoms with Gasteiger partial charge in [0.2, 0.25) is 11.6 Å². The van der Waals surface area contributed by atoms with Gasteiger partial charge in [0.05, 0.1) is 35.4 Å². The Kier molecular flexibility index (Phi) is 11.9. The van der Waals surface area contributed by atoms with E-state index in [-0.39, 0.29) is 56.5 Å². The molecule has 27 heteroatoms. The van der Waals surface area contributed by atoms with Crippen LogP contribution in [0.4, 0.5) is 27.5 Å². The molecule has 0 saturated heterocycles. The topological polar surface area (TPSA) is 360 Å². The number of hydrazone groups is 2. The molecule has 324 valence electrons. The minimum absolute atomic E-state index is 0.00136. The normalized spacial score (nSPS) is 15.5. The summed E-state index contributed by atoms with van der Waals surface area (Å²) in [6.07, 6.45) is 1.80. The predicted octanol–water partition coefficient (Wildman–Crippen LogP) is 3.63. The van der Waals surface area contributed by atoms with Crippen molar-refractivity contribution in [2.75, 3.05) is 35.7 Å². The van der Waals surface area contributed by atoms with Crippen LogP contribution in [-0.2, 0) is 40.5 Å². The van der Waals surface area contributed by atoms with E-state index >= 15 is 0 Å². The number of carbonyl (C=O) groups is 3. The molecule has 0 unspecified atom stereocenters. The summed E-state index contributed by atoms with van der Waals surface area (Å²) in [5.74, 6) is -2.34. The van der Waals surface area contributed by atoms with Gasteiger partial charge >= 0.3 is 6.03 Å². The summed E-state index contributed by atoms with van der Waals surface area (Å²) in [6, 6.07) is 12.4. The number of carbonyl (C=O) groups excluding carboxylic acids is 3. The second-order valence-electron chi connectivity index (χ2n) is 12.6. The Hall–Kier alpha value is -6.85. The average molecular weight is 933 g/mol. The summed E-state index contributed by atoms with van der Waals surface area (Å²) in [6.45, 7) is 0. The monoisotopic (exact) mass is 932 g/mol. The highest BCUT2D eigenvalue weighted by atomic mass is 32.2. The number of ether oxygens (including phenoxy) is 2. The number of urea groups is 1. The molecule has 0 radical (unpaired) electrons. The van der Waals surface area contributed by atoms with Crippen LogP contribution in [0.5, 0.6) is 11.5 Å². The average Bonchev–Trinajstić information content (AvgIpc) is 3.18. The third-order valence-electron chi connectivity index (χ3n) is 8.65. The largest absolute Gasteiger partial charge is 0.494 e. The van der Waals surface area contributed by atoms with Crippen molar-refractivity contribution in [3.05, 3.63) is 105 Å². The summed E-state index contributed by atoms with van der Waals surface area (Å²) in [5, 5.41) is 12.6. The number of hydrogen-bond donors (Lipinski definition) is 8. The number of benzene rings is 4. The first-order valence-corrected chi connectivity index (χ1v) is 22.5. The molecule has 4 aromatic carbocycles. The van der Waals surface area contributed by atoms with Crippen LogP contribution in [0.15, 0.2) is 103 Å². The Balaban J connectivity index is 1.22. The van der Waals surface area contributed by atoms with Crippen molar-refractivity contribution < 1.29 is 75.7 Å². The second-order valence-corrected chi connectivity index (χ2v) is 18.3. The Morgan fingerprint density at radius 2 is 0.903 bits per heavy atom. The van der Waals surface area contributed by atoms with Crippen LogP contribution in [0, 0.1) is 0 Å². The molecule has 0 saturated carbocycles. The van der Waals surface area contributed by atoms with Crippen molar-refractivity contribution in [1.82, 2.24) is 0 Å². The lowest BCUT2D eigenvalue weighted by atomic mass is 9.94. The van der Waals surface area contributed by atoms with Gasteiger partial charge in [-0.3, -0.25) is 38.7 Å². The van der Waals surface area contributed by atoms with Crippen LogP contribution in [0.3, 0.4) is 0 Å². The molecule has 2 amide bonds. The number of fused-ring (bicyclic) bond motifs is 2. The first-order chi connectivity index (χ1) is 28.9. The molecule has 0 heterocycles. The van der Waals surface area contributed by atoms with E-state index in [4.69, 9.17) is 9.47 Å². The molecule has 62 heavy (non-hydrogen) atoms. The maximum atomic E-state index is 13.5. The zero-order valence-electron chi connectivity index (χ0n) is 31.2. The minimum atomic E-state index is -5.12. The minimum Gasteiger partial charge on any atom is -0.494 e. The molecule has 0 bridgehead atoms. The maximum absolute atomic E-state index is 13.5. The Labute approximate surface area is 350 Å². The van der Waals surface area contributed by atoms with Crippen molar-refractivity contribution in [1.29, 1.82) is 0 Å². The van der Waals surface area contributed by atoms with E-state index in [1.807, 2.05) is 0 Å². The van der Waals surface area contributed by atoms with Gasteiger partial charge in [0.25, 0.3) is 40.5 Å². The number of Topliss-reactive ketones (excluding diaryl/α,β-unsaturated/α-hetero) is 2. The van der Waals surface area contributed by atoms with E-state index in [1.54, 1.807) is 0 Å². The number of hydrogen-bond acceptors (Lipinski definition) is 17. The first kappa shape index (κ1) is 44.7. The predicted molar refractivity (Wildman–Crippen MR) is 221 cm³/mol. The molecule has 4 aromatic rings. The Morgan fingerprint density at radius 1 is 0.532 bits per heavy atom. The molecule has 0 aliphatic heterocycles. The number of ketones is 2. The molecule has 0 atom stereocenters. The van der Waals surface area contributed by atoms with Gasteiger partial charge in [-0.15, -0.1) is 0 Å². The van der Waals surface area contributed by atoms with Crippen molar-refractivity contribution in [2.45, 2.75) is 9.79 Å². The SMILES string of the molecule is COc1cc(S(=O)(=O)O)ccc1N/N=C1\C(=O)c2ccc(NC(=O)Nc3ccc4c(c3)C=C(S(=O)(=O)O)/C(=N/Nc3ccc(S(=O)(=O)O)cc3OC)C4=O)cc2C=C1S(=O)(=O)O. The molecule has 0 aromatic heterocycles. The molecule has 0 spiro atoms. The van der Waals surface area contributed by atoms with Gasteiger partial charge in [0.15, 0.2) is 11.4 Å². The van der Waals surface area contributed by atoms with Gasteiger partial charge < -0.3 is 20.1 Å². The van der Waals surface area contributed by atoms with E-state index in [0.29, 0.717) is 0 Å². The van der Waals surface area contributed by atoms with Crippen LogP contribution < -0.4 is 31.0 Å². The zero-order chi connectivity index (χ0) is 45.5. The first-order valence-electron chi connectivity index (χ1n) is 16.7. The lowest BCUT2D eigenvalue weighted by Crippen LogP contribution is -2.27. The fraction of sp³-hybridized carbons (Fsp3) is 0.0571. The van der Waals surface area contributed by atoms with Crippen LogP contribution in [0.1, 0.15) is 31.8 Å². The van der Waals surface area contributed by atoms with Crippen LogP contribution in [0.25, 0.3) is 12.2 Å². The van der Waals surface area contributed by atoms with E-state index in [1.165, 1.54) is 36.4 Å². The quantitative estimate of drug-likeness (QED) is 0.0742. The van der Waals surface area contributed by atoms with Gasteiger partial charge in [-0.05, 0) is 83.9 Å². The van der Waals surface area contributed by atoms with E-state index in [0.717, 1.165) is 62.8 Å². The number of allylic oxidation sites excluding steroid dienone is 2. The summed E-state index contributed by atoms with van der Waals surface area (Å²) in [5.41, 5.74) is 2.67. The standard InChI is InChI=1S/C35H28N6O17S4/c1-57-27-15-21(59(45,46)47)5-9-25(27)38-40-31-29(61(51,52)53)13-17-11-19(3-7-23(17)33(31)42)36-35(44)37-20-4-8-24-18(12-20)14-30(62(54,55)56)32(34(24)43)41-39-26-10-6-22(60(48,49)50)16-28(26)58-2/h3-16,38-39H,1-2H3,(H2,36,37,44)(H,45,46,47)(H,48,49,50)(H,51,52,53)(H,54,55,56)/b40-31-,41-32-. The van der Waals surface area contributed by atoms with Gasteiger partial charge in [-0.25, -0.2) is 4.79 Å². The van der Waals surface area contributed by atoms with Gasteiger partial charge in [0, 0.05) is 34.6 Å². The summed E-state index contributed by atoms with van der Waals surface area (Å²) in [4.78, 5) is 37.0. The van der Waals surface area contributed by atoms with Crippen LogP contribution in [-0.4, -0.2) is 95.1 Å². The third-order valence-corrected chi connectivity index (χ3v) is 12.1. The molecule has 6 rings (SSSR count). The number of methoxy groups -OCH3 is 2. The Morgan fingerprint density at radius 3 is 1.23 bits per heavy atom. The van der Waals surface area contributed by atoms with Crippen LogP contribution in [0.2, 0.25) is 0 Å². The van der Waals surface area contributed by atoms with E-state index < -0.39 is 89.1 Å². The smallest absolute Gasteiger partial charge is 0.323 e. The number of rotatable bonds is 12. The summed E-state index contributed by atoms with van der Waals surface area (Å²) >= 11 is 0. The fourth-order valence-electron chi connectivity index (χ4n) is 5.81.